The third-order valence-electron chi connectivity index (χ3n) is 4.89. The van der Waals surface area contributed by atoms with Gasteiger partial charge >= 0.3 is 0 Å². The molecule has 1 aromatic heterocycles. The average molecular weight is 543 g/mol. The second-order valence-corrected chi connectivity index (χ2v) is 7.62. The van der Waals surface area contributed by atoms with Crippen molar-refractivity contribution >= 4 is 29.9 Å². The summed E-state index contributed by atoms with van der Waals surface area (Å²) in [6, 6.07) is 8.24. The molecule has 0 saturated carbocycles. The van der Waals surface area contributed by atoms with Gasteiger partial charge in [-0.2, -0.15) is 5.10 Å². The zero-order valence-electron chi connectivity index (χ0n) is 19.7. The summed E-state index contributed by atoms with van der Waals surface area (Å²) in [7, 11) is 3.47. The number of guanidine groups is 1. The van der Waals surface area contributed by atoms with Crippen LogP contribution in [0.2, 0.25) is 0 Å². The smallest absolute Gasteiger partial charge is 0.190 e. The molecule has 0 fully saturated rings. The number of hydrogen-bond acceptors (Lipinski definition) is 4. The maximum atomic E-state index is 5.66. The fourth-order valence-electron chi connectivity index (χ4n) is 3.36. The standard InChI is InChI=1S/C23H37N5O2.HI/c1-7-30-22-14-20(10-11-21(22)29-6)9-8-12-25-23(24-5)26-15-17(2)16-28-19(4)13-18(3)27-28;/h10-11,13-14,17H,7-9,12,15-16H2,1-6H3,(H2,24,25,26);1H. The van der Waals surface area contributed by atoms with E-state index in [-0.39, 0.29) is 24.0 Å². The number of nitrogens with zero attached hydrogens (tertiary/aromatic N) is 3. The largest absolute Gasteiger partial charge is 0.493 e. The molecule has 2 N–H and O–H groups in total. The van der Waals surface area contributed by atoms with Crippen molar-refractivity contribution in [2.45, 2.75) is 47.1 Å². The SMILES string of the molecule is CCOc1cc(CCCNC(=NC)NCC(C)Cn2nc(C)cc2C)ccc1OC.I. The Kier molecular flexibility index (Phi) is 12.4. The molecule has 0 aliphatic rings. The van der Waals surface area contributed by atoms with Crippen LogP contribution in [0.15, 0.2) is 29.3 Å². The van der Waals surface area contributed by atoms with Crippen LogP contribution >= 0.6 is 24.0 Å². The molecular formula is C23H38IN5O2. The van der Waals surface area contributed by atoms with E-state index in [4.69, 9.17) is 9.47 Å². The molecule has 0 saturated heterocycles. The molecule has 1 atom stereocenters. The van der Waals surface area contributed by atoms with Crippen LogP contribution in [-0.4, -0.2) is 49.6 Å². The van der Waals surface area contributed by atoms with Gasteiger partial charge in [0.2, 0.25) is 0 Å². The minimum absolute atomic E-state index is 0. The molecule has 31 heavy (non-hydrogen) atoms. The van der Waals surface area contributed by atoms with Crippen molar-refractivity contribution in [3.8, 4) is 11.5 Å². The first-order valence-electron chi connectivity index (χ1n) is 10.7. The number of aromatic nitrogens is 2. The van der Waals surface area contributed by atoms with Crippen LogP contribution in [0.3, 0.4) is 0 Å². The number of nitrogens with one attached hydrogen (secondary N) is 2. The number of halogens is 1. The Labute approximate surface area is 204 Å². The maximum absolute atomic E-state index is 5.66. The van der Waals surface area contributed by atoms with E-state index in [9.17, 15) is 0 Å². The lowest BCUT2D eigenvalue weighted by atomic mass is 10.1. The summed E-state index contributed by atoms with van der Waals surface area (Å²) in [5, 5.41) is 11.4. The van der Waals surface area contributed by atoms with Gasteiger partial charge in [-0.05, 0) is 63.3 Å². The third-order valence-corrected chi connectivity index (χ3v) is 4.89. The van der Waals surface area contributed by atoms with E-state index in [0.717, 1.165) is 55.6 Å². The van der Waals surface area contributed by atoms with Crippen molar-refractivity contribution < 1.29 is 9.47 Å². The first kappa shape index (κ1) is 27.1. The van der Waals surface area contributed by atoms with Crippen LogP contribution in [0, 0.1) is 19.8 Å². The molecular weight excluding hydrogens is 505 g/mol. The molecule has 1 aromatic carbocycles. The molecule has 1 unspecified atom stereocenters. The zero-order chi connectivity index (χ0) is 21.9. The second-order valence-electron chi connectivity index (χ2n) is 7.62. The average Bonchev–Trinajstić information content (AvgIpc) is 3.04. The highest BCUT2D eigenvalue weighted by Gasteiger charge is 2.09. The van der Waals surface area contributed by atoms with Crippen LogP contribution < -0.4 is 20.1 Å². The van der Waals surface area contributed by atoms with Crippen molar-refractivity contribution in [2.24, 2.45) is 10.9 Å². The summed E-state index contributed by atoms with van der Waals surface area (Å²) in [6.45, 7) is 11.5. The molecule has 0 bridgehead atoms. The van der Waals surface area contributed by atoms with Gasteiger partial charge in [-0.25, -0.2) is 0 Å². The molecule has 0 radical (unpaired) electrons. The van der Waals surface area contributed by atoms with E-state index in [1.165, 1.54) is 11.3 Å². The fourth-order valence-corrected chi connectivity index (χ4v) is 3.36. The number of benzene rings is 1. The Morgan fingerprint density at radius 3 is 2.58 bits per heavy atom. The van der Waals surface area contributed by atoms with Crippen molar-refractivity contribution in [2.75, 3.05) is 33.9 Å². The van der Waals surface area contributed by atoms with Gasteiger partial charge in [0.1, 0.15) is 0 Å². The van der Waals surface area contributed by atoms with Crippen molar-refractivity contribution in [3.63, 3.8) is 0 Å². The number of ether oxygens (including phenoxy) is 2. The molecule has 0 spiro atoms. The quantitative estimate of drug-likeness (QED) is 0.194. The first-order chi connectivity index (χ1) is 14.5. The first-order valence-corrected chi connectivity index (χ1v) is 10.7. The van der Waals surface area contributed by atoms with Gasteiger partial charge in [-0.15, -0.1) is 24.0 Å². The number of rotatable bonds is 11. The molecule has 8 heteroatoms. The predicted molar refractivity (Wildman–Crippen MR) is 138 cm³/mol. The van der Waals surface area contributed by atoms with Crippen LogP contribution in [-0.2, 0) is 13.0 Å². The molecule has 2 aromatic rings. The molecule has 0 aliphatic heterocycles. The summed E-state index contributed by atoms with van der Waals surface area (Å²) in [4.78, 5) is 4.33. The highest BCUT2D eigenvalue weighted by molar-refractivity contribution is 14.0. The van der Waals surface area contributed by atoms with Gasteiger partial charge < -0.3 is 20.1 Å². The summed E-state index contributed by atoms with van der Waals surface area (Å²) in [6.07, 6.45) is 1.96. The maximum Gasteiger partial charge on any atom is 0.190 e. The summed E-state index contributed by atoms with van der Waals surface area (Å²) in [5.41, 5.74) is 3.51. The number of hydrogen-bond donors (Lipinski definition) is 2. The molecule has 7 nitrogen and oxygen atoms in total. The van der Waals surface area contributed by atoms with Crippen molar-refractivity contribution in [1.29, 1.82) is 0 Å². The lowest BCUT2D eigenvalue weighted by Gasteiger charge is -2.17. The van der Waals surface area contributed by atoms with Gasteiger partial charge in [-0.3, -0.25) is 9.67 Å². The van der Waals surface area contributed by atoms with E-state index < -0.39 is 0 Å². The van der Waals surface area contributed by atoms with E-state index >= 15 is 0 Å². The predicted octanol–water partition coefficient (Wildman–Crippen LogP) is 3.96. The third kappa shape index (κ3) is 8.96. The van der Waals surface area contributed by atoms with E-state index in [2.05, 4.69) is 57.5 Å². The number of aryl methyl sites for hydroxylation is 3. The van der Waals surface area contributed by atoms with E-state index in [1.54, 1.807) is 14.2 Å². The van der Waals surface area contributed by atoms with Gasteiger partial charge in [0, 0.05) is 32.4 Å². The molecule has 2 rings (SSSR count). The lowest BCUT2D eigenvalue weighted by Crippen LogP contribution is -2.40. The monoisotopic (exact) mass is 543 g/mol. The normalized spacial score (nSPS) is 12.1. The van der Waals surface area contributed by atoms with Crippen LogP contribution in [0.1, 0.15) is 37.2 Å². The Bertz CT molecular complexity index is 822. The molecule has 174 valence electrons. The minimum Gasteiger partial charge on any atom is -0.493 e. The van der Waals surface area contributed by atoms with E-state index in [1.807, 2.05) is 19.9 Å². The highest BCUT2D eigenvalue weighted by Crippen LogP contribution is 2.28. The number of methoxy groups -OCH3 is 1. The summed E-state index contributed by atoms with van der Waals surface area (Å²) >= 11 is 0. The van der Waals surface area contributed by atoms with E-state index in [0.29, 0.717) is 12.5 Å². The second kappa shape index (κ2) is 14.2. The van der Waals surface area contributed by atoms with Crippen molar-refractivity contribution in [1.82, 2.24) is 20.4 Å². The van der Waals surface area contributed by atoms with Crippen LogP contribution in [0.4, 0.5) is 0 Å². The van der Waals surface area contributed by atoms with Gasteiger partial charge in [0.05, 0.1) is 19.4 Å². The summed E-state index contributed by atoms with van der Waals surface area (Å²) < 4.78 is 13.1. The fraction of sp³-hybridized carbons (Fsp3) is 0.565. The zero-order valence-corrected chi connectivity index (χ0v) is 22.0. The lowest BCUT2D eigenvalue weighted by molar-refractivity contribution is 0.310. The molecule has 0 amide bonds. The van der Waals surface area contributed by atoms with Gasteiger partial charge in [0.15, 0.2) is 17.5 Å². The summed E-state index contributed by atoms with van der Waals surface area (Å²) in [5.74, 6) is 2.86. The van der Waals surface area contributed by atoms with Gasteiger partial charge in [0.25, 0.3) is 0 Å². The Hall–Kier alpha value is -1.97. The van der Waals surface area contributed by atoms with Gasteiger partial charge in [-0.1, -0.05) is 13.0 Å². The topological polar surface area (TPSA) is 72.7 Å². The highest BCUT2D eigenvalue weighted by atomic mass is 127. The minimum atomic E-state index is 0. The Morgan fingerprint density at radius 1 is 1.19 bits per heavy atom. The number of aliphatic imine (C=N–C) groups is 1. The van der Waals surface area contributed by atoms with Crippen LogP contribution in [0.25, 0.3) is 0 Å². The Balaban J connectivity index is 0.00000480. The molecule has 1 heterocycles. The molecule has 0 aliphatic carbocycles. The Morgan fingerprint density at radius 2 is 1.97 bits per heavy atom. The van der Waals surface area contributed by atoms with Crippen LogP contribution in [0.5, 0.6) is 11.5 Å². The van der Waals surface area contributed by atoms with Crippen molar-refractivity contribution in [3.05, 3.63) is 41.2 Å².